The van der Waals surface area contributed by atoms with Gasteiger partial charge < -0.3 is 9.42 Å². The minimum atomic E-state index is -0.0495. The van der Waals surface area contributed by atoms with Gasteiger partial charge in [0.1, 0.15) is 6.54 Å². The Morgan fingerprint density at radius 1 is 1.21 bits per heavy atom. The normalized spacial score (nSPS) is 11.8. The Morgan fingerprint density at radius 2 is 1.83 bits per heavy atom. The molecule has 0 unspecified atom stereocenters. The molecule has 1 amide bonds. The zero-order valence-electron chi connectivity index (χ0n) is 15.5. The van der Waals surface area contributed by atoms with E-state index in [0.717, 1.165) is 5.56 Å². The summed E-state index contributed by atoms with van der Waals surface area (Å²) in [5.41, 5.74) is 2.04. The highest BCUT2D eigenvalue weighted by molar-refractivity contribution is 5.77. The van der Waals surface area contributed by atoms with E-state index in [1.54, 1.807) is 4.90 Å². The van der Waals surface area contributed by atoms with Gasteiger partial charge in [-0.2, -0.15) is 4.98 Å². The Labute approximate surface area is 144 Å². The van der Waals surface area contributed by atoms with Crippen LogP contribution in [0.4, 0.5) is 0 Å². The molecule has 0 aliphatic carbocycles. The molecule has 5 heteroatoms. The summed E-state index contributed by atoms with van der Waals surface area (Å²) < 4.78 is 5.36. The van der Waals surface area contributed by atoms with E-state index in [2.05, 4.69) is 30.9 Å². The molecule has 0 aliphatic heterocycles. The standard InChI is InChI=1S/C19H27N3O2/c1-13(2)22(17(23)11-19(4,5)6)12-16-20-18(21-24-16)15-9-7-14(3)8-10-15/h7-10,13H,11-12H2,1-6H3. The third-order valence-corrected chi connectivity index (χ3v) is 3.71. The van der Waals surface area contributed by atoms with Crippen molar-refractivity contribution in [3.8, 4) is 11.4 Å². The second-order valence-electron chi connectivity index (χ2n) is 7.73. The number of aromatic nitrogens is 2. The first-order valence-electron chi connectivity index (χ1n) is 8.35. The molecule has 0 spiro atoms. The molecular formula is C19H27N3O2. The smallest absolute Gasteiger partial charge is 0.246 e. The van der Waals surface area contributed by atoms with Gasteiger partial charge >= 0.3 is 0 Å². The van der Waals surface area contributed by atoms with E-state index in [4.69, 9.17) is 4.52 Å². The third-order valence-electron chi connectivity index (χ3n) is 3.71. The largest absolute Gasteiger partial charge is 0.337 e. The fourth-order valence-corrected chi connectivity index (χ4v) is 2.40. The molecule has 2 aromatic rings. The first-order valence-corrected chi connectivity index (χ1v) is 8.35. The van der Waals surface area contributed by atoms with Crippen molar-refractivity contribution in [1.29, 1.82) is 0 Å². The van der Waals surface area contributed by atoms with Crippen molar-refractivity contribution < 1.29 is 9.32 Å². The van der Waals surface area contributed by atoms with Gasteiger partial charge in [-0.05, 0) is 26.2 Å². The summed E-state index contributed by atoms with van der Waals surface area (Å²) in [5, 5.41) is 4.04. The van der Waals surface area contributed by atoms with Crippen molar-refractivity contribution in [3.05, 3.63) is 35.7 Å². The van der Waals surface area contributed by atoms with Crippen LogP contribution in [0.15, 0.2) is 28.8 Å². The molecule has 5 nitrogen and oxygen atoms in total. The Hall–Kier alpha value is -2.17. The van der Waals surface area contributed by atoms with Crippen molar-refractivity contribution in [2.24, 2.45) is 5.41 Å². The molecule has 0 atom stereocenters. The van der Waals surface area contributed by atoms with E-state index >= 15 is 0 Å². The van der Waals surface area contributed by atoms with Gasteiger partial charge in [0.25, 0.3) is 0 Å². The summed E-state index contributed by atoms with van der Waals surface area (Å²) in [6, 6.07) is 8.04. The first kappa shape index (κ1) is 18.2. The van der Waals surface area contributed by atoms with Crippen LogP contribution in [0, 0.1) is 12.3 Å². The number of carbonyl (C=O) groups excluding carboxylic acids is 1. The van der Waals surface area contributed by atoms with E-state index in [1.807, 2.05) is 45.0 Å². The molecule has 0 radical (unpaired) electrons. The average molecular weight is 329 g/mol. The number of benzene rings is 1. The van der Waals surface area contributed by atoms with Gasteiger partial charge in [0, 0.05) is 18.0 Å². The maximum atomic E-state index is 12.6. The van der Waals surface area contributed by atoms with Crippen LogP contribution in [0.3, 0.4) is 0 Å². The highest BCUT2D eigenvalue weighted by Gasteiger charge is 2.25. The predicted molar refractivity (Wildman–Crippen MR) is 94.2 cm³/mol. The summed E-state index contributed by atoms with van der Waals surface area (Å²) in [6.07, 6.45) is 0.490. The number of rotatable bonds is 5. The third kappa shape index (κ3) is 4.91. The number of aryl methyl sites for hydroxylation is 1. The Balaban J connectivity index is 2.13. The zero-order chi connectivity index (χ0) is 17.9. The van der Waals surface area contributed by atoms with E-state index < -0.39 is 0 Å². The molecule has 1 aromatic carbocycles. The second-order valence-corrected chi connectivity index (χ2v) is 7.73. The number of nitrogens with zero attached hydrogens (tertiary/aromatic N) is 3. The molecule has 1 aromatic heterocycles. The summed E-state index contributed by atoms with van der Waals surface area (Å²) in [6.45, 7) is 12.6. The number of amides is 1. The van der Waals surface area contributed by atoms with Gasteiger partial charge in [-0.25, -0.2) is 0 Å². The lowest BCUT2D eigenvalue weighted by Crippen LogP contribution is -2.38. The lowest BCUT2D eigenvalue weighted by atomic mass is 9.91. The van der Waals surface area contributed by atoms with Crippen LogP contribution in [0.1, 0.15) is 52.5 Å². The molecule has 0 bridgehead atoms. The van der Waals surface area contributed by atoms with Crippen LogP contribution >= 0.6 is 0 Å². The summed E-state index contributed by atoms with van der Waals surface area (Å²) in [4.78, 5) is 18.8. The Morgan fingerprint density at radius 3 is 2.38 bits per heavy atom. The molecule has 130 valence electrons. The van der Waals surface area contributed by atoms with Gasteiger partial charge in [0.2, 0.25) is 17.6 Å². The predicted octanol–water partition coefficient (Wildman–Crippen LogP) is 4.22. The van der Waals surface area contributed by atoms with Crippen LogP contribution in [-0.2, 0) is 11.3 Å². The van der Waals surface area contributed by atoms with Crippen LogP contribution in [0.25, 0.3) is 11.4 Å². The summed E-state index contributed by atoms with van der Waals surface area (Å²) in [5.74, 6) is 1.12. The minimum absolute atomic E-state index is 0.0495. The van der Waals surface area contributed by atoms with Gasteiger partial charge in [-0.15, -0.1) is 0 Å². The molecule has 1 heterocycles. The van der Waals surface area contributed by atoms with Crippen LogP contribution < -0.4 is 0 Å². The van der Waals surface area contributed by atoms with E-state index in [9.17, 15) is 4.79 Å². The van der Waals surface area contributed by atoms with Gasteiger partial charge in [-0.1, -0.05) is 55.8 Å². The lowest BCUT2D eigenvalue weighted by molar-refractivity contribution is -0.135. The maximum absolute atomic E-state index is 12.6. The molecular weight excluding hydrogens is 302 g/mol. The summed E-state index contributed by atoms with van der Waals surface area (Å²) >= 11 is 0. The van der Waals surface area contributed by atoms with Crippen LogP contribution in [0.5, 0.6) is 0 Å². The first-order chi connectivity index (χ1) is 11.2. The molecule has 24 heavy (non-hydrogen) atoms. The summed E-state index contributed by atoms with van der Waals surface area (Å²) in [7, 11) is 0. The minimum Gasteiger partial charge on any atom is -0.337 e. The highest BCUT2D eigenvalue weighted by atomic mass is 16.5. The van der Waals surface area contributed by atoms with Crippen molar-refractivity contribution in [2.45, 2.75) is 60.5 Å². The van der Waals surface area contributed by atoms with Gasteiger partial charge in [0.05, 0.1) is 0 Å². The Bertz CT molecular complexity index is 681. The topological polar surface area (TPSA) is 59.2 Å². The van der Waals surface area contributed by atoms with Gasteiger partial charge in [-0.3, -0.25) is 4.79 Å². The molecule has 2 rings (SSSR count). The molecule has 0 N–H and O–H groups in total. The number of hydrogen-bond donors (Lipinski definition) is 0. The fourth-order valence-electron chi connectivity index (χ4n) is 2.40. The zero-order valence-corrected chi connectivity index (χ0v) is 15.5. The number of hydrogen-bond acceptors (Lipinski definition) is 4. The van der Waals surface area contributed by atoms with E-state index in [-0.39, 0.29) is 17.4 Å². The Kier molecular flexibility index (Phi) is 5.42. The quantitative estimate of drug-likeness (QED) is 0.824. The van der Waals surface area contributed by atoms with Crippen molar-refractivity contribution in [1.82, 2.24) is 15.0 Å². The molecule has 0 saturated heterocycles. The van der Waals surface area contributed by atoms with Crippen molar-refractivity contribution in [3.63, 3.8) is 0 Å². The fraction of sp³-hybridized carbons (Fsp3) is 0.526. The van der Waals surface area contributed by atoms with Crippen molar-refractivity contribution >= 4 is 5.91 Å². The van der Waals surface area contributed by atoms with Crippen molar-refractivity contribution in [2.75, 3.05) is 0 Å². The lowest BCUT2D eigenvalue weighted by Gasteiger charge is -2.28. The molecule has 0 aliphatic rings. The molecule has 0 saturated carbocycles. The van der Waals surface area contributed by atoms with E-state index in [1.165, 1.54) is 5.56 Å². The number of carbonyl (C=O) groups is 1. The highest BCUT2D eigenvalue weighted by Crippen LogP contribution is 2.22. The van der Waals surface area contributed by atoms with E-state index in [0.29, 0.717) is 24.7 Å². The second kappa shape index (κ2) is 7.16. The monoisotopic (exact) mass is 329 g/mol. The van der Waals surface area contributed by atoms with Gasteiger partial charge in [0.15, 0.2) is 0 Å². The maximum Gasteiger partial charge on any atom is 0.246 e. The average Bonchev–Trinajstić information content (AvgIpc) is 2.92. The molecule has 0 fully saturated rings. The van der Waals surface area contributed by atoms with Crippen LogP contribution in [-0.4, -0.2) is 27.0 Å². The van der Waals surface area contributed by atoms with Crippen LogP contribution in [0.2, 0.25) is 0 Å². The SMILES string of the molecule is Cc1ccc(-c2noc(CN(C(=O)CC(C)(C)C)C(C)C)n2)cc1.